The Labute approximate surface area is 250 Å². The van der Waals surface area contributed by atoms with Crippen LogP contribution in [0.2, 0.25) is 5.02 Å². The summed E-state index contributed by atoms with van der Waals surface area (Å²) in [4.78, 5) is 29.7. The number of carbonyl (C=O) groups is 2. The van der Waals surface area contributed by atoms with Gasteiger partial charge >= 0.3 is 30.7 Å². The first kappa shape index (κ1) is 34.4. The van der Waals surface area contributed by atoms with E-state index < -0.39 is 73.1 Å². The van der Waals surface area contributed by atoms with Crippen molar-refractivity contribution in [2.75, 3.05) is 11.4 Å². The minimum Gasteiger partial charge on any atom is -0.481 e. The van der Waals surface area contributed by atoms with Crippen molar-refractivity contribution in [3.05, 3.63) is 89.0 Å². The second kappa shape index (κ2) is 13.7. The number of nitrogens with one attached hydrogen (secondary N) is 1. The van der Waals surface area contributed by atoms with E-state index in [0.717, 1.165) is 23.2 Å². The molecule has 1 heterocycles. The minimum absolute atomic E-state index is 0.00276. The number of carbonyl (C=O) groups excluding carboxylic acids is 1. The maximum Gasteiger partial charge on any atom is 0.461 e. The molecule has 1 unspecified atom stereocenters. The first-order valence-corrected chi connectivity index (χ1v) is 13.0. The number of nitrogens with zero attached hydrogens (tertiary/aromatic N) is 2. The molecule has 0 radical (unpaired) electrons. The van der Waals surface area contributed by atoms with Gasteiger partial charge in [-0.15, -0.1) is 0 Å². The standard InChI is InChI=1S/C28H24ClF8N3O4/c1-26(22-9-8-18(29)15-38-22,17-11-19(30)13-21(12-17)44-28(36,37)24(31)32)40(20-5-3-2-4-6-20)25(43)39-14-16(27(33,34)35)7-10-23(41)42/h2-6,8-9,11-13,15-16,24H,7,10,14H2,1H3,(H,39,43)(H,41,42)/t16?,26-/m0/s1. The summed E-state index contributed by atoms with van der Waals surface area (Å²) < 4.78 is 113. The topological polar surface area (TPSA) is 91.8 Å². The van der Waals surface area contributed by atoms with Gasteiger partial charge in [-0.1, -0.05) is 29.8 Å². The third-order valence-corrected chi connectivity index (χ3v) is 6.73. The summed E-state index contributed by atoms with van der Waals surface area (Å²) in [6.07, 6.45) is -14.8. The largest absolute Gasteiger partial charge is 0.481 e. The van der Waals surface area contributed by atoms with Crippen LogP contribution < -0.4 is 15.0 Å². The number of rotatable bonds is 12. The molecule has 16 heteroatoms. The number of pyridine rings is 1. The number of hydrogen-bond donors (Lipinski definition) is 2. The molecule has 3 rings (SSSR count). The third kappa shape index (κ3) is 8.27. The van der Waals surface area contributed by atoms with Gasteiger partial charge in [-0.3, -0.25) is 14.7 Å². The number of alkyl halides is 7. The number of aromatic nitrogens is 1. The Morgan fingerprint density at radius 1 is 1.05 bits per heavy atom. The summed E-state index contributed by atoms with van der Waals surface area (Å²) in [7, 11) is 0. The van der Waals surface area contributed by atoms with Crippen LogP contribution in [-0.2, 0) is 10.3 Å². The van der Waals surface area contributed by atoms with Gasteiger partial charge < -0.3 is 15.2 Å². The summed E-state index contributed by atoms with van der Waals surface area (Å²) in [5.41, 5.74) is -2.51. The number of hydrogen-bond acceptors (Lipinski definition) is 4. The van der Waals surface area contributed by atoms with E-state index in [1.165, 1.54) is 43.3 Å². The number of para-hydroxylation sites is 1. The Morgan fingerprint density at radius 2 is 1.70 bits per heavy atom. The highest BCUT2D eigenvalue weighted by Gasteiger charge is 2.46. The van der Waals surface area contributed by atoms with Gasteiger partial charge in [0.1, 0.15) is 17.1 Å². The quantitative estimate of drug-likeness (QED) is 0.196. The summed E-state index contributed by atoms with van der Waals surface area (Å²) >= 11 is 5.96. The van der Waals surface area contributed by atoms with Crippen molar-refractivity contribution < 1.29 is 54.6 Å². The highest BCUT2D eigenvalue weighted by molar-refractivity contribution is 6.30. The maximum atomic E-state index is 14.9. The molecule has 0 saturated carbocycles. The van der Waals surface area contributed by atoms with Gasteiger partial charge in [0.05, 0.1) is 16.6 Å². The molecule has 2 N–H and O–H groups in total. The average Bonchev–Trinajstić information content (AvgIpc) is 2.92. The van der Waals surface area contributed by atoms with E-state index in [1.54, 1.807) is 6.07 Å². The lowest BCUT2D eigenvalue weighted by molar-refractivity contribution is -0.253. The Bertz CT molecular complexity index is 1450. The lowest BCUT2D eigenvalue weighted by Crippen LogP contribution is -2.54. The molecule has 0 bridgehead atoms. The number of anilines is 1. The highest BCUT2D eigenvalue weighted by atomic mass is 35.5. The van der Waals surface area contributed by atoms with Gasteiger partial charge in [-0.05, 0) is 55.3 Å². The number of carboxylic acid groups (broad SMARTS) is 1. The van der Waals surface area contributed by atoms with Crippen molar-refractivity contribution >= 4 is 29.3 Å². The zero-order valence-corrected chi connectivity index (χ0v) is 23.4. The van der Waals surface area contributed by atoms with Crippen LogP contribution in [0.15, 0.2) is 66.9 Å². The van der Waals surface area contributed by atoms with Crippen LogP contribution in [0.1, 0.15) is 31.0 Å². The van der Waals surface area contributed by atoms with Crippen molar-refractivity contribution in [1.29, 1.82) is 0 Å². The van der Waals surface area contributed by atoms with E-state index in [9.17, 15) is 44.7 Å². The van der Waals surface area contributed by atoms with Gasteiger partial charge in [0.25, 0.3) is 0 Å². The van der Waals surface area contributed by atoms with Gasteiger partial charge in [-0.2, -0.15) is 30.7 Å². The fourth-order valence-electron chi connectivity index (χ4n) is 4.28. The van der Waals surface area contributed by atoms with Crippen molar-refractivity contribution in [2.45, 2.75) is 44.0 Å². The molecule has 2 amide bonds. The molecule has 2 atom stereocenters. The van der Waals surface area contributed by atoms with Crippen LogP contribution in [0.25, 0.3) is 0 Å². The van der Waals surface area contributed by atoms with Gasteiger partial charge in [0.15, 0.2) is 0 Å². The average molecular weight is 654 g/mol. The lowest BCUT2D eigenvalue weighted by atomic mass is 9.85. The van der Waals surface area contributed by atoms with E-state index in [0.29, 0.717) is 6.07 Å². The summed E-state index contributed by atoms with van der Waals surface area (Å²) in [5, 5.41) is 11.1. The number of urea groups is 1. The molecule has 0 spiro atoms. The molecular formula is C28H24ClF8N3O4. The number of aliphatic carboxylic acids is 1. The highest BCUT2D eigenvalue weighted by Crippen LogP contribution is 2.41. The number of ether oxygens (including phenoxy) is 1. The molecular weight excluding hydrogens is 630 g/mol. The van der Waals surface area contributed by atoms with E-state index >= 15 is 0 Å². The van der Waals surface area contributed by atoms with Crippen molar-refractivity contribution in [3.8, 4) is 5.75 Å². The molecule has 2 aromatic carbocycles. The van der Waals surface area contributed by atoms with E-state index in [4.69, 9.17) is 16.7 Å². The van der Waals surface area contributed by atoms with Crippen LogP contribution in [0.3, 0.4) is 0 Å². The predicted octanol–water partition coefficient (Wildman–Crippen LogP) is 7.63. The summed E-state index contributed by atoms with van der Waals surface area (Å²) in [6, 6.07) is 10.5. The fraction of sp³-hybridized carbons (Fsp3) is 0.321. The number of carboxylic acids is 1. The van der Waals surface area contributed by atoms with E-state index in [2.05, 4.69) is 15.0 Å². The maximum absolute atomic E-state index is 14.9. The normalized spacial score (nSPS) is 14.1. The molecule has 0 fully saturated rings. The van der Waals surface area contributed by atoms with E-state index in [-0.39, 0.29) is 22.0 Å². The van der Waals surface area contributed by atoms with Crippen molar-refractivity contribution in [1.82, 2.24) is 10.3 Å². The number of halogens is 9. The number of benzene rings is 2. The van der Waals surface area contributed by atoms with Crippen LogP contribution in [0.4, 0.5) is 45.6 Å². The van der Waals surface area contributed by atoms with Crippen molar-refractivity contribution in [3.63, 3.8) is 0 Å². The molecule has 3 aromatic rings. The molecule has 44 heavy (non-hydrogen) atoms. The molecule has 0 saturated heterocycles. The smallest absolute Gasteiger partial charge is 0.461 e. The molecule has 7 nitrogen and oxygen atoms in total. The van der Waals surface area contributed by atoms with Crippen molar-refractivity contribution in [2.24, 2.45) is 5.92 Å². The van der Waals surface area contributed by atoms with Gasteiger partial charge in [0, 0.05) is 30.9 Å². The zero-order valence-electron chi connectivity index (χ0n) is 22.6. The minimum atomic E-state index is -5.03. The van der Waals surface area contributed by atoms with E-state index in [1.807, 2.05) is 0 Å². The van der Waals surface area contributed by atoms with Crippen LogP contribution >= 0.6 is 11.6 Å². The fourth-order valence-corrected chi connectivity index (χ4v) is 4.40. The Balaban J connectivity index is 2.20. The summed E-state index contributed by atoms with van der Waals surface area (Å²) in [5.74, 6) is -6.06. The van der Waals surface area contributed by atoms with Crippen LogP contribution in [-0.4, -0.2) is 47.3 Å². The molecule has 0 aliphatic rings. The Morgan fingerprint density at radius 3 is 2.25 bits per heavy atom. The number of amides is 2. The monoisotopic (exact) mass is 653 g/mol. The summed E-state index contributed by atoms with van der Waals surface area (Å²) in [6.45, 7) is 0.187. The zero-order chi connectivity index (χ0) is 32.9. The van der Waals surface area contributed by atoms with Gasteiger partial charge in [-0.25, -0.2) is 9.18 Å². The molecule has 0 aliphatic carbocycles. The second-order valence-electron chi connectivity index (χ2n) is 9.60. The Kier molecular flexibility index (Phi) is 10.7. The first-order valence-electron chi connectivity index (χ1n) is 12.6. The molecule has 238 valence electrons. The van der Waals surface area contributed by atoms with Crippen LogP contribution in [0.5, 0.6) is 5.75 Å². The lowest BCUT2D eigenvalue weighted by Gasteiger charge is -2.41. The second-order valence-corrected chi connectivity index (χ2v) is 10.0. The Hall–Kier alpha value is -4.14. The molecule has 1 aromatic heterocycles. The predicted molar refractivity (Wildman–Crippen MR) is 142 cm³/mol. The molecule has 0 aliphatic heterocycles. The van der Waals surface area contributed by atoms with Crippen LogP contribution in [0, 0.1) is 11.7 Å². The van der Waals surface area contributed by atoms with Gasteiger partial charge in [0.2, 0.25) is 0 Å². The third-order valence-electron chi connectivity index (χ3n) is 6.50. The first-order chi connectivity index (χ1) is 20.4. The SMILES string of the molecule is C[C@](c1cc(F)cc(OC(F)(F)C(F)F)c1)(c1ccc(Cl)cn1)N(C(=O)NCC(CCC(=O)O)C(F)(F)F)c1ccccc1.